The van der Waals surface area contributed by atoms with Gasteiger partial charge in [-0.05, 0) is 80.6 Å². The molecule has 1 aliphatic heterocycles. The fraction of sp³-hybridized carbons (Fsp3) is 0.364. The second-order valence-electron chi connectivity index (χ2n) is 7.73. The molecule has 1 unspecified atom stereocenters. The van der Waals surface area contributed by atoms with E-state index in [2.05, 4.69) is 61.3 Å². The van der Waals surface area contributed by atoms with Crippen molar-refractivity contribution in [2.75, 3.05) is 16.9 Å². The van der Waals surface area contributed by atoms with Crippen molar-refractivity contribution in [2.24, 2.45) is 5.10 Å². The molecule has 1 heterocycles. The molecular formula is C22H27N3O2. The van der Waals surface area contributed by atoms with Gasteiger partial charge < -0.3 is 10.0 Å². The van der Waals surface area contributed by atoms with Gasteiger partial charge in [-0.3, -0.25) is 5.43 Å². The lowest BCUT2D eigenvalue weighted by Gasteiger charge is -2.47. The van der Waals surface area contributed by atoms with Crippen LogP contribution in [-0.2, 0) is 0 Å². The molecule has 0 bridgehead atoms. The first-order valence-electron chi connectivity index (χ1n) is 9.36. The zero-order valence-corrected chi connectivity index (χ0v) is 16.4. The second kappa shape index (κ2) is 7.43. The highest BCUT2D eigenvalue weighted by molar-refractivity contribution is 5.88. The van der Waals surface area contributed by atoms with E-state index in [9.17, 15) is 4.79 Å². The third-order valence-electron chi connectivity index (χ3n) is 5.27. The normalized spacial score (nSPS) is 18.4. The number of carboxylic acid groups (broad SMARTS) is 1. The van der Waals surface area contributed by atoms with E-state index in [0.29, 0.717) is 5.92 Å². The molecule has 0 aromatic heterocycles. The third-order valence-corrected chi connectivity index (χ3v) is 5.27. The van der Waals surface area contributed by atoms with E-state index >= 15 is 0 Å². The summed E-state index contributed by atoms with van der Waals surface area (Å²) >= 11 is 0. The van der Waals surface area contributed by atoms with Gasteiger partial charge in [0.15, 0.2) is 0 Å². The molecule has 0 saturated heterocycles. The third kappa shape index (κ3) is 3.97. The smallest absolute Gasteiger partial charge is 0.335 e. The molecule has 1 atom stereocenters. The molecule has 2 aromatic carbocycles. The molecule has 2 aromatic rings. The lowest BCUT2D eigenvalue weighted by atomic mass is 9.79. The molecule has 0 saturated carbocycles. The monoisotopic (exact) mass is 365 g/mol. The van der Waals surface area contributed by atoms with E-state index in [4.69, 9.17) is 5.11 Å². The molecule has 0 fully saturated rings. The molecule has 2 N–H and O–H groups in total. The Bertz CT molecular complexity index is 856. The largest absolute Gasteiger partial charge is 0.478 e. The molecule has 5 nitrogen and oxygen atoms in total. The van der Waals surface area contributed by atoms with Crippen LogP contribution in [0.1, 0.15) is 61.5 Å². The minimum atomic E-state index is -0.933. The predicted molar refractivity (Wildman–Crippen MR) is 111 cm³/mol. The summed E-state index contributed by atoms with van der Waals surface area (Å²) in [6.07, 6.45) is 2.93. The van der Waals surface area contributed by atoms with E-state index in [1.807, 2.05) is 0 Å². The van der Waals surface area contributed by atoms with E-state index in [0.717, 1.165) is 24.2 Å². The van der Waals surface area contributed by atoms with Gasteiger partial charge in [-0.1, -0.05) is 13.0 Å². The van der Waals surface area contributed by atoms with Gasteiger partial charge in [0.25, 0.3) is 0 Å². The van der Waals surface area contributed by atoms with Gasteiger partial charge in [0.05, 0.1) is 17.5 Å². The van der Waals surface area contributed by atoms with Crippen molar-refractivity contribution in [1.82, 2.24) is 0 Å². The van der Waals surface area contributed by atoms with E-state index < -0.39 is 5.97 Å². The molecule has 1 aliphatic rings. The van der Waals surface area contributed by atoms with Gasteiger partial charge in [0.2, 0.25) is 0 Å². The van der Waals surface area contributed by atoms with Crippen molar-refractivity contribution in [1.29, 1.82) is 0 Å². The van der Waals surface area contributed by atoms with Crippen LogP contribution in [0.5, 0.6) is 0 Å². The van der Waals surface area contributed by atoms with Crippen molar-refractivity contribution in [2.45, 2.75) is 45.6 Å². The maximum atomic E-state index is 10.9. The first-order valence-corrected chi connectivity index (χ1v) is 9.36. The fourth-order valence-corrected chi connectivity index (χ4v) is 4.06. The number of aromatic carboxylic acids is 1. The summed E-state index contributed by atoms with van der Waals surface area (Å²) in [6, 6.07) is 13.0. The van der Waals surface area contributed by atoms with Crippen LogP contribution in [0.3, 0.4) is 0 Å². The van der Waals surface area contributed by atoms with Gasteiger partial charge in [-0.25, -0.2) is 4.79 Å². The average Bonchev–Trinajstić information content (AvgIpc) is 2.62. The molecule has 27 heavy (non-hydrogen) atoms. The maximum Gasteiger partial charge on any atom is 0.335 e. The quantitative estimate of drug-likeness (QED) is 0.582. The van der Waals surface area contributed by atoms with Crippen molar-refractivity contribution in [3.8, 4) is 0 Å². The standard InChI is InChI=1S/C22H27N3O2/c1-5-25-20-11-6-16(12-19(20)15(2)13-22(25,3)4)14-23-24-18-9-7-17(8-10-18)21(26)27/h6-12,14-15,24H,5,13H2,1-4H3,(H,26,27)/b23-14+. The maximum absolute atomic E-state index is 10.9. The number of fused-ring (bicyclic) bond motifs is 1. The highest BCUT2D eigenvalue weighted by Gasteiger charge is 2.35. The van der Waals surface area contributed by atoms with Crippen LogP contribution in [0.2, 0.25) is 0 Å². The highest BCUT2D eigenvalue weighted by Crippen LogP contribution is 2.43. The first-order chi connectivity index (χ1) is 12.8. The Kier molecular flexibility index (Phi) is 5.22. The number of carbonyl (C=O) groups is 1. The van der Waals surface area contributed by atoms with Gasteiger partial charge in [0, 0.05) is 17.8 Å². The first kappa shape index (κ1) is 19.0. The van der Waals surface area contributed by atoms with Crippen LogP contribution in [0.15, 0.2) is 47.6 Å². The van der Waals surface area contributed by atoms with Crippen molar-refractivity contribution in [3.63, 3.8) is 0 Å². The molecule has 142 valence electrons. The Morgan fingerprint density at radius 2 is 2.00 bits per heavy atom. The summed E-state index contributed by atoms with van der Waals surface area (Å²) < 4.78 is 0. The minimum absolute atomic E-state index is 0.167. The van der Waals surface area contributed by atoms with Crippen LogP contribution in [0.25, 0.3) is 0 Å². The van der Waals surface area contributed by atoms with Crippen LogP contribution in [-0.4, -0.2) is 29.4 Å². The number of carboxylic acids is 1. The summed E-state index contributed by atoms with van der Waals surface area (Å²) in [5, 5.41) is 13.2. The zero-order valence-electron chi connectivity index (χ0n) is 16.4. The molecule has 3 rings (SSSR count). The number of rotatable bonds is 5. The fourth-order valence-electron chi connectivity index (χ4n) is 4.06. The summed E-state index contributed by atoms with van der Waals surface area (Å²) in [5.41, 5.74) is 7.86. The van der Waals surface area contributed by atoms with E-state index in [-0.39, 0.29) is 11.1 Å². The zero-order chi connectivity index (χ0) is 19.6. The lowest BCUT2D eigenvalue weighted by molar-refractivity contribution is 0.0697. The molecule has 0 amide bonds. The predicted octanol–water partition coefficient (Wildman–Crippen LogP) is 4.94. The van der Waals surface area contributed by atoms with Gasteiger partial charge in [0.1, 0.15) is 0 Å². The summed E-state index contributed by atoms with van der Waals surface area (Å²) in [4.78, 5) is 13.4. The molecule has 0 radical (unpaired) electrons. The molecule has 0 spiro atoms. The number of hydrogen-bond acceptors (Lipinski definition) is 4. The summed E-state index contributed by atoms with van der Waals surface area (Å²) in [7, 11) is 0. The number of hydrogen-bond donors (Lipinski definition) is 2. The number of nitrogens with zero attached hydrogens (tertiary/aromatic N) is 2. The lowest BCUT2D eigenvalue weighted by Crippen LogP contribution is -2.48. The van der Waals surface area contributed by atoms with Crippen molar-refractivity contribution >= 4 is 23.6 Å². The summed E-state index contributed by atoms with van der Waals surface area (Å²) in [5.74, 6) is -0.430. The SMILES string of the molecule is CCN1c2ccc(/C=N/Nc3ccc(C(=O)O)cc3)cc2C(C)CC1(C)C. The van der Waals surface area contributed by atoms with Crippen LogP contribution in [0.4, 0.5) is 11.4 Å². The Hall–Kier alpha value is -2.82. The van der Waals surface area contributed by atoms with Crippen molar-refractivity contribution in [3.05, 3.63) is 59.2 Å². The number of benzene rings is 2. The summed E-state index contributed by atoms with van der Waals surface area (Å²) in [6.45, 7) is 10.1. The van der Waals surface area contributed by atoms with Gasteiger partial charge >= 0.3 is 5.97 Å². The molecular weight excluding hydrogens is 338 g/mol. The van der Waals surface area contributed by atoms with Gasteiger partial charge in [-0.15, -0.1) is 0 Å². The molecule has 0 aliphatic carbocycles. The van der Waals surface area contributed by atoms with E-state index in [1.165, 1.54) is 11.3 Å². The Balaban J connectivity index is 1.76. The highest BCUT2D eigenvalue weighted by atomic mass is 16.4. The second-order valence-corrected chi connectivity index (χ2v) is 7.73. The van der Waals surface area contributed by atoms with Crippen LogP contribution in [0, 0.1) is 0 Å². The Morgan fingerprint density at radius 3 is 2.63 bits per heavy atom. The average molecular weight is 365 g/mol. The minimum Gasteiger partial charge on any atom is -0.478 e. The van der Waals surface area contributed by atoms with Gasteiger partial charge in [-0.2, -0.15) is 5.10 Å². The Labute approximate surface area is 160 Å². The number of anilines is 2. The molecule has 5 heteroatoms. The topological polar surface area (TPSA) is 64.9 Å². The number of nitrogens with one attached hydrogen (secondary N) is 1. The Morgan fingerprint density at radius 1 is 1.30 bits per heavy atom. The van der Waals surface area contributed by atoms with Crippen LogP contribution < -0.4 is 10.3 Å². The van der Waals surface area contributed by atoms with Crippen molar-refractivity contribution < 1.29 is 9.90 Å². The number of hydrazone groups is 1. The van der Waals surface area contributed by atoms with Crippen LogP contribution >= 0.6 is 0 Å². The van der Waals surface area contributed by atoms with E-state index in [1.54, 1.807) is 30.5 Å².